The summed E-state index contributed by atoms with van der Waals surface area (Å²) < 4.78 is 5.24. The molecule has 0 fully saturated rings. The summed E-state index contributed by atoms with van der Waals surface area (Å²) in [4.78, 5) is 41.3. The van der Waals surface area contributed by atoms with E-state index in [-0.39, 0.29) is 19.1 Å². The molecule has 0 spiro atoms. The van der Waals surface area contributed by atoms with Crippen molar-refractivity contribution in [2.45, 2.75) is 19.9 Å². The third kappa shape index (κ3) is 3.54. The van der Waals surface area contributed by atoms with Crippen LogP contribution in [0.4, 0.5) is 10.5 Å². The van der Waals surface area contributed by atoms with Crippen LogP contribution in [-0.4, -0.2) is 42.5 Å². The summed E-state index contributed by atoms with van der Waals surface area (Å²) in [5.74, 6) is -0.706. The summed E-state index contributed by atoms with van der Waals surface area (Å²) in [5.41, 5.74) is 3.47. The molecule has 0 bridgehead atoms. The van der Waals surface area contributed by atoms with Gasteiger partial charge in [-0.1, -0.05) is 48.0 Å². The molecule has 2 aliphatic rings. The van der Waals surface area contributed by atoms with Crippen LogP contribution in [0.15, 0.2) is 65.9 Å². The molecule has 4 rings (SSSR count). The van der Waals surface area contributed by atoms with Crippen molar-refractivity contribution < 1.29 is 19.1 Å². The van der Waals surface area contributed by atoms with Crippen LogP contribution in [0, 0.1) is 6.92 Å². The van der Waals surface area contributed by atoms with Gasteiger partial charge in [-0.15, -0.1) is 0 Å². The molecule has 2 aromatic rings. The van der Waals surface area contributed by atoms with E-state index >= 15 is 0 Å². The highest BCUT2D eigenvalue weighted by molar-refractivity contribution is 6.00. The summed E-state index contributed by atoms with van der Waals surface area (Å²) in [6.07, 6.45) is 0. The summed E-state index contributed by atoms with van der Waals surface area (Å²) in [7, 11) is 0. The van der Waals surface area contributed by atoms with Crippen molar-refractivity contribution in [1.82, 2.24) is 10.2 Å². The molecule has 7 heteroatoms. The number of likely N-dealkylation sites (N-methyl/N-ethyl adjacent to an activating group) is 1. The monoisotopic (exact) mass is 405 g/mol. The Balaban J connectivity index is 1.63. The predicted octanol–water partition coefficient (Wildman–Crippen LogP) is 2.93. The Bertz CT molecular complexity index is 1010. The van der Waals surface area contributed by atoms with Crippen LogP contribution in [0.2, 0.25) is 0 Å². The molecule has 2 aromatic carbocycles. The number of nitrogens with zero attached hydrogens (tertiary/aromatic N) is 2. The van der Waals surface area contributed by atoms with Gasteiger partial charge < -0.3 is 15.0 Å². The lowest BCUT2D eigenvalue weighted by Gasteiger charge is -2.33. The Morgan fingerprint density at radius 2 is 1.83 bits per heavy atom. The molecule has 0 saturated heterocycles. The molecule has 0 aliphatic carbocycles. The fraction of sp³-hybridized carbons (Fsp3) is 0.261. The maximum Gasteiger partial charge on any atom is 0.338 e. The average molecular weight is 405 g/mol. The number of hydrogen-bond donors (Lipinski definition) is 1. The Hall–Kier alpha value is -3.61. The van der Waals surface area contributed by atoms with E-state index in [4.69, 9.17) is 4.74 Å². The first-order valence-corrected chi connectivity index (χ1v) is 9.89. The first kappa shape index (κ1) is 19.7. The number of amides is 3. The zero-order valence-electron chi connectivity index (χ0n) is 16.9. The molecule has 7 nitrogen and oxygen atoms in total. The maximum atomic E-state index is 13.0. The fourth-order valence-corrected chi connectivity index (χ4v) is 3.82. The number of carbonyl (C=O) groups is 3. The number of rotatable bonds is 5. The quantitative estimate of drug-likeness (QED) is 0.776. The van der Waals surface area contributed by atoms with Gasteiger partial charge in [-0.05, 0) is 31.5 Å². The Morgan fingerprint density at radius 1 is 1.13 bits per heavy atom. The third-order valence-corrected chi connectivity index (χ3v) is 5.39. The number of nitrogens with one attached hydrogen (secondary N) is 1. The second kappa shape index (κ2) is 8.02. The molecule has 1 N–H and O–H groups in total. The number of benzene rings is 2. The van der Waals surface area contributed by atoms with Crippen molar-refractivity contribution in [2.24, 2.45) is 0 Å². The highest BCUT2D eigenvalue weighted by Crippen LogP contribution is 2.35. The standard InChI is InChI=1S/C23H23N3O4/c1-3-25(17-7-5-4-6-8-17)19(27)13-26-18-14-30-22(28)20(18)21(24-23(26)29)16-11-9-15(2)10-12-16/h4-12,21H,3,13-14H2,1-2H3,(H,24,29). The third-order valence-electron chi connectivity index (χ3n) is 5.39. The minimum Gasteiger partial charge on any atom is -0.456 e. The lowest BCUT2D eigenvalue weighted by molar-refractivity contribution is -0.136. The topological polar surface area (TPSA) is 79.0 Å². The highest BCUT2D eigenvalue weighted by Gasteiger charge is 2.43. The first-order valence-electron chi connectivity index (χ1n) is 9.89. The highest BCUT2D eigenvalue weighted by atomic mass is 16.5. The van der Waals surface area contributed by atoms with Crippen molar-refractivity contribution in [3.05, 3.63) is 77.0 Å². The second-order valence-corrected chi connectivity index (χ2v) is 7.29. The second-order valence-electron chi connectivity index (χ2n) is 7.29. The minimum atomic E-state index is -0.592. The van der Waals surface area contributed by atoms with E-state index in [0.29, 0.717) is 17.8 Å². The molecule has 1 atom stereocenters. The number of cyclic esters (lactones) is 1. The fourth-order valence-electron chi connectivity index (χ4n) is 3.82. The minimum absolute atomic E-state index is 0.0192. The number of carbonyl (C=O) groups excluding carboxylic acids is 3. The number of urea groups is 1. The van der Waals surface area contributed by atoms with Crippen LogP contribution >= 0.6 is 0 Å². The molecule has 2 aliphatic heterocycles. The van der Waals surface area contributed by atoms with E-state index in [1.807, 2.05) is 68.4 Å². The van der Waals surface area contributed by atoms with Gasteiger partial charge in [-0.2, -0.15) is 0 Å². The Kier molecular flexibility index (Phi) is 5.27. The van der Waals surface area contributed by atoms with Crippen LogP contribution in [0.3, 0.4) is 0 Å². The lowest BCUT2D eigenvalue weighted by Crippen LogP contribution is -2.51. The number of aryl methyl sites for hydroxylation is 1. The predicted molar refractivity (Wildman–Crippen MR) is 112 cm³/mol. The SMILES string of the molecule is CCN(C(=O)CN1C(=O)NC(c2ccc(C)cc2)C2=C1COC2=O)c1ccccc1. The van der Waals surface area contributed by atoms with Crippen molar-refractivity contribution >= 4 is 23.6 Å². The molecule has 1 unspecified atom stereocenters. The van der Waals surface area contributed by atoms with Gasteiger partial charge in [0.1, 0.15) is 13.2 Å². The number of esters is 1. The van der Waals surface area contributed by atoms with Gasteiger partial charge in [0.15, 0.2) is 0 Å². The van der Waals surface area contributed by atoms with E-state index in [2.05, 4.69) is 5.32 Å². The van der Waals surface area contributed by atoms with E-state index in [9.17, 15) is 14.4 Å². The number of anilines is 1. The van der Waals surface area contributed by atoms with Gasteiger partial charge >= 0.3 is 12.0 Å². The zero-order chi connectivity index (χ0) is 21.3. The van der Waals surface area contributed by atoms with Crippen LogP contribution < -0.4 is 10.2 Å². The van der Waals surface area contributed by atoms with E-state index in [1.54, 1.807) is 4.90 Å². The molecule has 2 heterocycles. The first-order chi connectivity index (χ1) is 14.5. The van der Waals surface area contributed by atoms with Crippen molar-refractivity contribution in [2.75, 3.05) is 24.6 Å². The Labute approximate surface area is 174 Å². The van der Waals surface area contributed by atoms with Crippen molar-refractivity contribution in [3.8, 4) is 0 Å². The average Bonchev–Trinajstić information content (AvgIpc) is 3.13. The normalized spacial score (nSPS) is 18.1. The van der Waals surface area contributed by atoms with Crippen LogP contribution in [0.5, 0.6) is 0 Å². The van der Waals surface area contributed by atoms with Crippen molar-refractivity contribution in [1.29, 1.82) is 0 Å². The van der Waals surface area contributed by atoms with Crippen molar-refractivity contribution in [3.63, 3.8) is 0 Å². The maximum absolute atomic E-state index is 13.0. The van der Waals surface area contributed by atoms with E-state index < -0.39 is 18.0 Å². The van der Waals surface area contributed by atoms with Crippen LogP contribution in [0.25, 0.3) is 0 Å². The summed E-state index contributed by atoms with van der Waals surface area (Å²) in [5, 5.41) is 2.86. The molecule has 3 amide bonds. The molecule has 0 radical (unpaired) electrons. The van der Waals surface area contributed by atoms with E-state index in [0.717, 1.165) is 16.8 Å². The summed E-state index contributed by atoms with van der Waals surface area (Å²) in [6.45, 7) is 4.11. The smallest absolute Gasteiger partial charge is 0.338 e. The van der Waals surface area contributed by atoms with Crippen LogP contribution in [0.1, 0.15) is 24.1 Å². The molecule has 154 valence electrons. The lowest BCUT2D eigenvalue weighted by atomic mass is 9.95. The molecule has 0 aromatic heterocycles. The molecule has 0 saturated carbocycles. The number of hydrogen-bond acceptors (Lipinski definition) is 4. The van der Waals surface area contributed by atoms with Crippen LogP contribution in [-0.2, 0) is 14.3 Å². The molecular weight excluding hydrogens is 382 g/mol. The van der Waals surface area contributed by atoms with Gasteiger partial charge in [0.2, 0.25) is 5.91 Å². The molecule has 30 heavy (non-hydrogen) atoms. The van der Waals surface area contributed by atoms with Gasteiger partial charge in [-0.3, -0.25) is 9.69 Å². The van der Waals surface area contributed by atoms with Gasteiger partial charge in [0.05, 0.1) is 17.3 Å². The number of ether oxygens (including phenoxy) is 1. The number of para-hydroxylation sites is 1. The van der Waals surface area contributed by atoms with Gasteiger partial charge in [0.25, 0.3) is 0 Å². The summed E-state index contributed by atoms with van der Waals surface area (Å²) in [6, 6.07) is 15.9. The molecular formula is C23H23N3O4. The summed E-state index contributed by atoms with van der Waals surface area (Å²) >= 11 is 0. The van der Waals surface area contributed by atoms with E-state index in [1.165, 1.54) is 4.90 Å². The Morgan fingerprint density at radius 3 is 2.50 bits per heavy atom. The van der Waals surface area contributed by atoms with Gasteiger partial charge in [-0.25, -0.2) is 9.59 Å². The largest absolute Gasteiger partial charge is 0.456 e. The zero-order valence-corrected chi connectivity index (χ0v) is 16.9. The van der Waals surface area contributed by atoms with Gasteiger partial charge in [0, 0.05) is 12.2 Å².